The van der Waals surface area contributed by atoms with Gasteiger partial charge in [0.25, 0.3) is 0 Å². The van der Waals surface area contributed by atoms with Gasteiger partial charge in [0.05, 0.1) is 19.8 Å². The number of ether oxygens (including phenoxy) is 3. The van der Waals surface area contributed by atoms with Crippen LogP contribution in [0.3, 0.4) is 0 Å². The second-order valence-electron chi connectivity index (χ2n) is 3.96. The Bertz CT molecular complexity index is 361. The van der Waals surface area contributed by atoms with Crippen LogP contribution in [0.2, 0.25) is 0 Å². The molecule has 1 aromatic carbocycles. The van der Waals surface area contributed by atoms with Crippen LogP contribution in [-0.2, 0) is 16.0 Å². The molecule has 19 heavy (non-hydrogen) atoms. The van der Waals surface area contributed by atoms with Crippen LogP contribution in [-0.4, -0.2) is 40.1 Å². The van der Waals surface area contributed by atoms with Gasteiger partial charge >= 0.3 is 0 Å². The smallest absolute Gasteiger partial charge is 0.165 e. The van der Waals surface area contributed by atoms with Gasteiger partial charge in [0.1, 0.15) is 6.61 Å². The molecule has 0 radical (unpaired) electrons. The second kappa shape index (κ2) is 9.72. The van der Waals surface area contributed by atoms with Gasteiger partial charge < -0.3 is 19.5 Å². The highest BCUT2D eigenvalue weighted by molar-refractivity contribution is 5.34. The SMILES string of the molecule is CCNCc1cccc(F)c1OCCOCCOC. The molecule has 0 aliphatic carbocycles. The highest BCUT2D eigenvalue weighted by atomic mass is 19.1. The van der Waals surface area contributed by atoms with E-state index in [1.54, 1.807) is 13.2 Å². The maximum Gasteiger partial charge on any atom is 0.165 e. The molecule has 0 aliphatic heterocycles. The van der Waals surface area contributed by atoms with Gasteiger partial charge in [0.15, 0.2) is 11.6 Å². The summed E-state index contributed by atoms with van der Waals surface area (Å²) in [6.07, 6.45) is 0. The third kappa shape index (κ3) is 6.00. The Balaban J connectivity index is 2.42. The Labute approximate surface area is 113 Å². The van der Waals surface area contributed by atoms with Crippen LogP contribution in [0.15, 0.2) is 18.2 Å². The molecule has 0 unspecified atom stereocenters. The molecule has 0 fully saturated rings. The predicted octanol–water partition coefficient (Wildman–Crippen LogP) is 1.98. The first-order valence-corrected chi connectivity index (χ1v) is 6.47. The van der Waals surface area contributed by atoms with Gasteiger partial charge in [-0.3, -0.25) is 0 Å². The van der Waals surface area contributed by atoms with E-state index in [-0.39, 0.29) is 5.82 Å². The minimum absolute atomic E-state index is 0.304. The van der Waals surface area contributed by atoms with Crippen molar-refractivity contribution in [3.63, 3.8) is 0 Å². The van der Waals surface area contributed by atoms with Gasteiger partial charge in [-0.05, 0) is 12.6 Å². The van der Waals surface area contributed by atoms with Gasteiger partial charge in [-0.15, -0.1) is 0 Å². The van der Waals surface area contributed by atoms with E-state index in [0.717, 1.165) is 12.1 Å². The van der Waals surface area contributed by atoms with E-state index in [1.165, 1.54) is 6.07 Å². The molecule has 0 saturated carbocycles. The van der Waals surface area contributed by atoms with Crippen molar-refractivity contribution in [1.29, 1.82) is 0 Å². The molecule has 4 nitrogen and oxygen atoms in total. The Morgan fingerprint density at radius 3 is 2.68 bits per heavy atom. The van der Waals surface area contributed by atoms with Crippen LogP contribution in [0, 0.1) is 5.82 Å². The largest absolute Gasteiger partial charge is 0.488 e. The first-order valence-electron chi connectivity index (χ1n) is 6.47. The summed E-state index contributed by atoms with van der Waals surface area (Å²) >= 11 is 0. The first-order chi connectivity index (χ1) is 9.29. The number of nitrogens with one attached hydrogen (secondary N) is 1. The molecule has 108 valence electrons. The van der Waals surface area contributed by atoms with Crippen LogP contribution >= 0.6 is 0 Å². The topological polar surface area (TPSA) is 39.7 Å². The Morgan fingerprint density at radius 2 is 1.95 bits per heavy atom. The molecule has 0 amide bonds. The number of benzene rings is 1. The zero-order chi connectivity index (χ0) is 13.9. The van der Waals surface area contributed by atoms with Crippen LogP contribution in [0.1, 0.15) is 12.5 Å². The van der Waals surface area contributed by atoms with Crippen molar-refractivity contribution in [3.8, 4) is 5.75 Å². The van der Waals surface area contributed by atoms with Crippen LogP contribution in [0.4, 0.5) is 4.39 Å². The third-order valence-electron chi connectivity index (χ3n) is 2.52. The zero-order valence-corrected chi connectivity index (χ0v) is 11.6. The normalized spacial score (nSPS) is 10.7. The van der Waals surface area contributed by atoms with Gasteiger partial charge in [-0.25, -0.2) is 4.39 Å². The van der Waals surface area contributed by atoms with Crippen molar-refractivity contribution < 1.29 is 18.6 Å². The van der Waals surface area contributed by atoms with Crippen molar-refractivity contribution in [2.45, 2.75) is 13.5 Å². The number of para-hydroxylation sites is 1. The van der Waals surface area contributed by atoms with Gasteiger partial charge in [-0.1, -0.05) is 19.1 Å². The summed E-state index contributed by atoms with van der Waals surface area (Å²) in [6.45, 7) is 5.22. The monoisotopic (exact) mass is 271 g/mol. The minimum Gasteiger partial charge on any atom is -0.488 e. The Hall–Kier alpha value is -1.17. The van der Waals surface area contributed by atoms with E-state index >= 15 is 0 Å². The first kappa shape index (κ1) is 15.9. The van der Waals surface area contributed by atoms with E-state index < -0.39 is 0 Å². The molecule has 1 rings (SSSR count). The van der Waals surface area contributed by atoms with Gasteiger partial charge in [-0.2, -0.15) is 0 Å². The molecule has 0 spiro atoms. The molecule has 0 bridgehead atoms. The highest BCUT2D eigenvalue weighted by Crippen LogP contribution is 2.22. The summed E-state index contributed by atoms with van der Waals surface area (Å²) in [6, 6.07) is 4.94. The van der Waals surface area contributed by atoms with Crippen molar-refractivity contribution in [1.82, 2.24) is 5.32 Å². The molecule has 0 atom stereocenters. The van der Waals surface area contributed by atoms with E-state index in [4.69, 9.17) is 14.2 Å². The molecule has 0 heterocycles. The molecular weight excluding hydrogens is 249 g/mol. The summed E-state index contributed by atoms with van der Waals surface area (Å²) < 4.78 is 29.3. The molecule has 1 aromatic rings. The lowest BCUT2D eigenvalue weighted by Crippen LogP contribution is -2.15. The average Bonchev–Trinajstić information content (AvgIpc) is 2.42. The average molecular weight is 271 g/mol. The summed E-state index contributed by atoms with van der Waals surface area (Å²) in [5.41, 5.74) is 0.818. The molecular formula is C14H22FNO3. The summed E-state index contributed by atoms with van der Waals surface area (Å²) in [7, 11) is 1.62. The molecule has 5 heteroatoms. The van der Waals surface area contributed by atoms with Gasteiger partial charge in [0, 0.05) is 19.2 Å². The van der Waals surface area contributed by atoms with Crippen molar-refractivity contribution in [2.24, 2.45) is 0 Å². The van der Waals surface area contributed by atoms with Crippen LogP contribution in [0.25, 0.3) is 0 Å². The number of hydrogen-bond donors (Lipinski definition) is 1. The summed E-state index contributed by atoms with van der Waals surface area (Å²) in [4.78, 5) is 0. The van der Waals surface area contributed by atoms with Crippen LogP contribution < -0.4 is 10.1 Å². The third-order valence-corrected chi connectivity index (χ3v) is 2.52. The Kier molecular flexibility index (Phi) is 8.13. The molecule has 1 N–H and O–H groups in total. The molecule has 0 aromatic heterocycles. The maximum atomic E-state index is 13.7. The van der Waals surface area contributed by atoms with E-state index in [2.05, 4.69) is 5.32 Å². The van der Waals surface area contributed by atoms with E-state index in [1.807, 2.05) is 13.0 Å². The number of halogens is 1. The van der Waals surface area contributed by atoms with E-state index in [9.17, 15) is 4.39 Å². The fourth-order valence-corrected chi connectivity index (χ4v) is 1.56. The fourth-order valence-electron chi connectivity index (χ4n) is 1.56. The van der Waals surface area contributed by atoms with Crippen molar-refractivity contribution in [2.75, 3.05) is 40.1 Å². The second-order valence-corrected chi connectivity index (χ2v) is 3.96. The highest BCUT2D eigenvalue weighted by Gasteiger charge is 2.09. The quantitative estimate of drug-likeness (QED) is 0.661. The zero-order valence-electron chi connectivity index (χ0n) is 11.6. The molecule has 0 saturated heterocycles. The summed E-state index contributed by atoms with van der Waals surface area (Å²) in [5.74, 6) is -0.0360. The summed E-state index contributed by atoms with van der Waals surface area (Å²) in [5, 5.41) is 3.16. The van der Waals surface area contributed by atoms with E-state index in [0.29, 0.717) is 38.7 Å². The minimum atomic E-state index is -0.340. The predicted molar refractivity (Wildman–Crippen MR) is 72.0 cm³/mol. The molecule has 0 aliphatic rings. The maximum absolute atomic E-state index is 13.7. The lowest BCUT2D eigenvalue weighted by atomic mass is 10.2. The number of methoxy groups -OCH3 is 1. The number of hydrogen-bond acceptors (Lipinski definition) is 4. The standard InChI is InChI=1S/C14H22FNO3/c1-3-16-11-12-5-4-6-13(15)14(12)19-10-9-18-8-7-17-2/h4-6,16H,3,7-11H2,1-2H3. The lowest BCUT2D eigenvalue weighted by Gasteiger charge is -2.12. The fraction of sp³-hybridized carbons (Fsp3) is 0.571. The van der Waals surface area contributed by atoms with Crippen molar-refractivity contribution >= 4 is 0 Å². The Morgan fingerprint density at radius 1 is 1.16 bits per heavy atom. The van der Waals surface area contributed by atoms with Crippen LogP contribution in [0.5, 0.6) is 5.75 Å². The van der Waals surface area contributed by atoms with Crippen molar-refractivity contribution in [3.05, 3.63) is 29.6 Å². The van der Waals surface area contributed by atoms with Gasteiger partial charge in [0.2, 0.25) is 0 Å². The lowest BCUT2D eigenvalue weighted by molar-refractivity contribution is 0.0536. The number of rotatable bonds is 10.